The Bertz CT molecular complexity index is 877. The minimum absolute atomic E-state index is 0.0897. The molecule has 1 fully saturated rings. The van der Waals surface area contributed by atoms with Crippen molar-refractivity contribution in [3.05, 3.63) is 59.7 Å². The Labute approximate surface area is 192 Å². The van der Waals surface area contributed by atoms with E-state index in [0.717, 1.165) is 42.9 Å². The highest BCUT2D eigenvalue weighted by molar-refractivity contribution is 5.73. The first kappa shape index (κ1) is 24.1. The molecule has 174 valence electrons. The van der Waals surface area contributed by atoms with Gasteiger partial charge in [0, 0.05) is 26.6 Å². The zero-order valence-corrected chi connectivity index (χ0v) is 20.1. The maximum atomic E-state index is 12.5. The summed E-state index contributed by atoms with van der Waals surface area (Å²) in [5, 5.41) is 0. The lowest BCUT2D eigenvalue weighted by atomic mass is 9.75. The highest BCUT2D eigenvalue weighted by Gasteiger charge is 2.35. The van der Waals surface area contributed by atoms with E-state index in [1.165, 1.54) is 5.56 Å². The van der Waals surface area contributed by atoms with Crippen LogP contribution in [0.5, 0.6) is 11.5 Å². The van der Waals surface area contributed by atoms with Crippen molar-refractivity contribution in [1.82, 2.24) is 4.90 Å². The molecule has 1 heterocycles. The van der Waals surface area contributed by atoms with Crippen LogP contribution in [-0.2, 0) is 16.1 Å². The molecular weight excluding hydrogens is 402 g/mol. The second-order valence-corrected chi connectivity index (χ2v) is 9.29. The Morgan fingerprint density at radius 2 is 1.84 bits per heavy atom. The predicted octanol–water partition coefficient (Wildman–Crippen LogP) is 5.43. The van der Waals surface area contributed by atoms with E-state index in [1.807, 2.05) is 41.3 Å². The van der Waals surface area contributed by atoms with E-state index < -0.39 is 0 Å². The molecular formula is C27H37NO4. The Morgan fingerprint density at radius 3 is 2.47 bits per heavy atom. The summed E-state index contributed by atoms with van der Waals surface area (Å²) >= 11 is 0. The van der Waals surface area contributed by atoms with Gasteiger partial charge in [0.1, 0.15) is 11.5 Å². The fourth-order valence-corrected chi connectivity index (χ4v) is 4.83. The zero-order valence-electron chi connectivity index (χ0n) is 20.1. The van der Waals surface area contributed by atoms with Crippen LogP contribution in [0.2, 0.25) is 0 Å². The number of amides is 1. The average Bonchev–Trinajstić information content (AvgIpc) is 2.78. The van der Waals surface area contributed by atoms with Gasteiger partial charge < -0.3 is 19.1 Å². The van der Waals surface area contributed by atoms with Crippen LogP contribution in [0.1, 0.15) is 57.1 Å². The van der Waals surface area contributed by atoms with E-state index in [2.05, 4.69) is 26.0 Å². The summed E-state index contributed by atoms with van der Waals surface area (Å²) < 4.78 is 17.0. The molecule has 0 radical (unpaired) electrons. The molecule has 0 bridgehead atoms. The number of carbonyl (C=O) groups is 1. The molecule has 2 unspecified atom stereocenters. The summed E-state index contributed by atoms with van der Waals surface area (Å²) in [5.74, 6) is 2.61. The van der Waals surface area contributed by atoms with Crippen molar-refractivity contribution < 1.29 is 19.0 Å². The smallest absolute Gasteiger partial charge is 0.219 e. The summed E-state index contributed by atoms with van der Waals surface area (Å²) in [6, 6.07) is 16.2. The second kappa shape index (κ2) is 10.9. The van der Waals surface area contributed by atoms with Gasteiger partial charge >= 0.3 is 0 Å². The van der Waals surface area contributed by atoms with Crippen molar-refractivity contribution >= 4 is 5.91 Å². The molecule has 2 aromatic carbocycles. The molecule has 1 amide bonds. The van der Waals surface area contributed by atoms with Crippen LogP contribution in [0.15, 0.2) is 48.5 Å². The molecule has 0 saturated carbocycles. The Balaban J connectivity index is 1.80. The van der Waals surface area contributed by atoms with E-state index in [4.69, 9.17) is 14.2 Å². The number of benzene rings is 2. The van der Waals surface area contributed by atoms with Crippen LogP contribution in [0.25, 0.3) is 0 Å². The van der Waals surface area contributed by atoms with Gasteiger partial charge in [-0.05, 0) is 74.3 Å². The largest absolute Gasteiger partial charge is 0.497 e. The number of rotatable bonds is 9. The molecule has 3 rings (SSSR count). The third kappa shape index (κ3) is 6.26. The number of methoxy groups -OCH3 is 2. The minimum Gasteiger partial charge on any atom is -0.497 e. The molecule has 0 aromatic heterocycles. The third-order valence-corrected chi connectivity index (χ3v) is 6.53. The van der Waals surface area contributed by atoms with Crippen LogP contribution in [-0.4, -0.2) is 43.8 Å². The molecule has 5 nitrogen and oxygen atoms in total. The highest BCUT2D eigenvalue weighted by Crippen LogP contribution is 2.42. The van der Waals surface area contributed by atoms with Gasteiger partial charge in [0.15, 0.2) is 0 Å². The van der Waals surface area contributed by atoms with Gasteiger partial charge in [0.2, 0.25) is 5.91 Å². The summed E-state index contributed by atoms with van der Waals surface area (Å²) in [5.41, 5.74) is 2.19. The maximum absolute atomic E-state index is 12.5. The second-order valence-electron chi connectivity index (χ2n) is 9.29. The summed E-state index contributed by atoms with van der Waals surface area (Å²) in [7, 11) is 3.39. The summed E-state index contributed by atoms with van der Waals surface area (Å²) in [4.78, 5) is 14.4. The van der Waals surface area contributed by atoms with Crippen molar-refractivity contribution in [3.8, 4) is 11.5 Å². The molecule has 32 heavy (non-hydrogen) atoms. The number of nitrogens with zero attached hydrogens (tertiary/aromatic N) is 1. The van der Waals surface area contributed by atoms with Gasteiger partial charge in [-0.1, -0.05) is 30.3 Å². The van der Waals surface area contributed by atoms with Crippen molar-refractivity contribution in [2.24, 2.45) is 5.92 Å². The summed E-state index contributed by atoms with van der Waals surface area (Å²) in [6.45, 7) is 8.05. The fourth-order valence-electron chi connectivity index (χ4n) is 4.83. The Kier molecular flexibility index (Phi) is 8.19. The third-order valence-electron chi connectivity index (χ3n) is 6.53. The van der Waals surface area contributed by atoms with Gasteiger partial charge in [-0.2, -0.15) is 0 Å². The quantitative estimate of drug-likeness (QED) is 0.523. The topological polar surface area (TPSA) is 48.0 Å². The normalized spacial score (nSPS) is 18.6. The monoisotopic (exact) mass is 439 g/mol. The first-order valence-electron chi connectivity index (χ1n) is 11.5. The lowest BCUT2D eigenvalue weighted by molar-refractivity contribution is -0.129. The van der Waals surface area contributed by atoms with Crippen molar-refractivity contribution in [2.45, 2.75) is 58.1 Å². The van der Waals surface area contributed by atoms with Crippen LogP contribution in [0.4, 0.5) is 0 Å². The highest BCUT2D eigenvalue weighted by atomic mass is 16.5. The SMILES string of the molecule is COc1ccc(CN(CCC(c2ccccc2OC)C2CCOC(C)(C)C2)C(C)=O)cc1. The van der Waals surface area contributed by atoms with Crippen LogP contribution < -0.4 is 9.47 Å². The van der Waals surface area contributed by atoms with E-state index >= 15 is 0 Å². The average molecular weight is 440 g/mol. The van der Waals surface area contributed by atoms with Crippen LogP contribution in [0, 0.1) is 5.92 Å². The summed E-state index contributed by atoms with van der Waals surface area (Å²) in [6.07, 6.45) is 2.90. The molecule has 2 aromatic rings. The number of carbonyl (C=O) groups excluding carboxylic acids is 1. The molecule has 1 aliphatic rings. The first-order valence-corrected chi connectivity index (χ1v) is 11.5. The Hall–Kier alpha value is -2.53. The zero-order chi connectivity index (χ0) is 23.1. The molecule has 1 aliphatic heterocycles. The van der Waals surface area contributed by atoms with Crippen LogP contribution in [0.3, 0.4) is 0 Å². The molecule has 1 saturated heterocycles. The molecule has 2 atom stereocenters. The molecule has 5 heteroatoms. The minimum atomic E-state index is -0.132. The fraction of sp³-hybridized carbons (Fsp3) is 0.519. The molecule has 0 spiro atoms. The van der Waals surface area contributed by atoms with Crippen molar-refractivity contribution in [3.63, 3.8) is 0 Å². The number of para-hydroxylation sites is 1. The van der Waals surface area contributed by atoms with E-state index in [0.29, 0.717) is 24.9 Å². The number of hydrogen-bond donors (Lipinski definition) is 0. The molecule has 0 N–H and O–H groups in total. The van der Waals surface area contributed by atoms with Crippen molar-refractivity contribution in [2.75, 3.05) is 27.4 Å². The number of ether oxygens (including phenoxy) is 3. The van der Waals surface area contributed by atoms with E-state index in [-0.39, 0.29) is 11.5 Å². The Morgan fingerprint density at radius 1 is 1.12 bits per heavy atom. The maximum Gasteiger partial charge on any atom is 0.219 e. The van der Waals surface area contributed by atoms with Gasteiger partial charge in [-0.3, -0.25) is 4.79 Å². The predicted molar refractivity (Wildman–Crippen MR) is 127 cm³/mol. The van der Waals surface area contributed by atoms with E-state index in [9.17, 15) is 4.79 Å². The van der Waals surface area contributed by atoms with Crippen molar-refractivity contribution in [1.29, 1.82) is 0 Å². The lowest BCUT2D eigenvalue weighted by Gasteiger charge is -2.40. The van der Waals surface area contributed by atoms with Gasteiger partial charge in [-0.15, -0.1) is 0 Å². The van der Waals surface area contributed by atoms with Gasteiger partial charge in [0.25, 0.3) is 0 Å². The van der Waals surface area contributed by atoms with E-state index in [1.54, 1.807) is 21.1 Å². The van der Waals surface area contributed by atoms with Gasteiger partial charge in [0.05, 0.1) is 19.8 Å². The first-order chi connectivity index (χ1) is 15.3. The lowest BCUT2D eigenvalue weighted by Crippen LogP contribution is -2.37. The molecule has 0 aliphatic carbocycles. The standard InChI is InChI=1S/C27H37NO4/c1-20(29)28(19-21-10-12-23(30-4)13-11-21)16-14-24(22-15-17-32-27(2,3)18-22)25-8-6-7-9-26(25)31-5/h6-13,22,24H,14-19H2,1-5H3. The van der Waals surface area contributed by atoms with Crippen LogP contribution >= 0.6 is 0 Å². The van der Waals surface area contributed by atoms with Gasteiger partial charge in [-0.25, -0.2) is 0 Å². The number of hydrogen-bond acceptors (Lipinski definition) is 4.